The van der Waals surface area contributed by atoms with Gasteiger partial charge in [0.15, 0.2) is 0 Å². The van der Waals surface area contributed by atoms with Crippen LogP contribution in [0.4, 0.5) is 4.79 Å². The third kappa shape index (κ3) is 3.09. The average Bonchev–Trinajstić information content (AvgIpc) is 3.07. The lowest BCUT2D eigenvalue weighted by Gasteiger charge is -2.35. The van der Waals surface area contributed by atoms with Crippen molar-refractivity contribution in [1.82, 2.24) is 19.6 Å². The number of urea groups is 1. The quantitative estimate of drug-likeness (QED) is 0.853. The van der Waals surface area contributed by atoms with Gasteiger partial charge in [-0.3, -0.25) is 4.68 Å². The zero-order valence-electron chi connectivity index (χ0n) is 13.9. The molecule has 0 radical (unpaired) electrons. The maximum atomic E-state index is 12.7. The van der Waals surface area contributed by atoms with Crippen LogP contribution in [0.2, 0.25) is 0 Å². The van der Waals surface area contributed by atoms with Crippen molar-refractivity contribution in [2.75, 3.05) is 32.8 Å². The second-order valence-electron chi connectivity index (χ2n) is 7.21. The molecule has 4 rings (SSSR count). The van der Waals surface area contributed by atoms with Crippen LogP contribution in [0, 0.1) is 5.92 Å². The first kappa shape index (κ1) is 15.0. The average molecular weight is 318 g/mol. The summed E-state index contributed by atoms with van der Waals surface area (Å²) in [4.78, 5) is 16.7. The summed E-state index contributed by atoms with van der Waals surface area (Å²) < 4.78 is 7.90. The van der Waals surface area contributed by atoms with E-state index in [2.05, 4.69) is 5.10 Å². The number of fused-ring (bicyclic) bond motifs is 1. The second-order valence-corrected chi connectivity index (χ2v) is 7.21. The lowest BCUT2D eigenvalue weighted by atomic mass is 9.97. The van der Waals surface area contributed by atoms with E-state index in [-0.39, 0.29) is 11.9 Å². The first-order valence-electron chi connectivity index (χ1n) is 8.84. The number of amides is 2. The maximum Gasteiger partial charge on any atom is 0.320 e. The highest BCUT2D eigenvalue weighted by Crippen LogP contribution is 2.32. The summed E-state index contributed by atoms with van der Waals surface area (Å²) in [5.41, 5.74) is 2.41. The molecule has 1 aromatic rings. The number of carbonyl (C=O) groups excluding carboxylic acids is 1. The van der Waals surface area contributed by atoms with Gasteiger partial charge in [-0.25, -0.2) is 4.79 Å². The minimum Gasteiger partial charge on any atom is -0.380 e. The van der Waals surface area contributed by atoms with Gasteiger partial charge in [-0.2, -0.15) is 5.10 Å². The van der Waals surface area contributed by atoms with Crippen molar-refractivity contribution in [3.63, 3.8) is 0 Å². The van der Waals surface area contributed by atoms with Crippen LogP contribution in [0.25, 0.3) is 0 Å². The fourth-order valence-corrected chi connectivity index (χ4v) is 3.81. The topological polar surface area (TPSA) is 50.6 Å². The van der Waals surface area contributed by atoms with Crippen molar-refractivity contribution >= 4 is 6.03 Å². The first-order valence-corrected chi connectivity index (χ1v) is 8.84. The highest BCUT2D eigenvalue weighted by Gasteiger charge is 2.34. The molecule has 0 aromatic carbocycles. The summed E-state index contributed by atoms with van der Waals surface area (Å²) >= 11 is 0. The van der Waals surface area contributed by atoms with Crippen molar-refractivity contribution in [2.24, 2.45) is 13.0 Å². The normalized spacial score (nSPS) is 24.1. The summed E-state index contributed by atoms with van der Waals surface area (Å²) in [5, 5.41) is 4.40. The van der Waals surface area contributed by atoms with Gasteiger partial charge >= 0.3 is 6.03 Å². The predicted molar refractivity (Wildman–Crippen MR) is 86.1 cm³/mol. The minimum absolute atomic E-state index is 0.184. The van der Waals surface area contributed by atoms with Gasteiger partial charge in [-0.05, 0) is 31.6 Å². The second kappa shape index (κ2) is 6.15. The van der Waals surface area contributed by atoms with Gasteiger partial charge in [-0.15, -0.1) is 0 Å². The molecule has 3 aliphatic rings. The molecule has 1 aliphatic carbocycles. The van der Waals surface area contributed by atoms with Gasteiger partial charge in [0, 0.05) is 44.8 Å². The van der Waals surface area contributed by atoms with Crippen molar-refractivity contribution in [2.45, 2.75) is 38.1 Å². The maximum absolute atomic E-state index is 12.7. The number of aryl methyl sites for hydroxylation is 1. The van der Waals surface area contributed by atoms with Crippen LogP contribution in [0.5, 0.6) is 0 Å². The fraction of sp³-hybridized carbons (Fsp3) is 0.765. The molecule has 2 fully saturated rings. The van der Waals surface area contributed by atoms with Crippen molar-refractivity contribution in [3.05, 3.63) is 17.5 Å². The summed E-state index contributed by atoms with van der Waals surface area (Å²) in [6.45, 7) is 4.77. The number of likely N-dealkylation sites (tertiary alicyclic amines) is 1. The number of carbonyl (C=O) groups is 1. The van der Waals surface area contributed by atoms with E-state index >= 15 is 0 Å². The Morgan fingerprint density at radius 1 is 1.26 bits per heavy atom. The highest BCUT2D eigenvalue weighted by atomic mass is 16.5. The Morgan fingerprint density at radius 3 is 2.78 bits per heavy atom. The Hall–Kier alpha value is -1.56. The first-order chi connectivity index (χ1) is 11.2. The van der Waals surface area contributed by atoms with E-state index in [9.17, 15) is 4.79 Å². The number of nitrogens with zero attached hydrogens (tertiary/aromatic N) is 4. The molecular formula is C17H26N4O2. The van der Waals surface area contributed by atoms with Crippen LogP contribution in [-0.2, 0) is 18.3 Å². The standard InChI is InChI=1S/C17H26N4O2/c1-19-16-14(8-18-19)9-21(17(22)20-6-2-3-7-20)10-15(16)12-23-11-13-4-5-13/h8,13,15H,2-7,9-12H2,1H3/t15-/m0/s1. The van der Waals surface area contributed by atoms with E-state index in [1.165, 1.54) is 24.1 Å². The summed E-state index contributed by atoms with van der Waals surface area (Å²) in [5.74, 6) is 1.00. The van der Waals surface area contributed by atoms with E-state index in [0.29, 0.717) is 13.2 Å². The summed E-state index contributed by atoms with van der Waals surface area (Å²) in [6.07, 6.45) is 6.78. The van der Waals surface area contributed by atoms with E-state index in [1.807, 2.05) is 27.7 Å². The van der Waals surface area contributed by atoms with Crippen LogP contribution >= 0.6 is 0 Å². The number of ether oxygens (including phenoxy) is 1. The molecule has 0 N–H and O–H groups in total. The van der Waals surface area contributed by atoms with Gasteiger partial charge in [0.2, 0.25) is 0 Å². The molecule has 0 spiro atoms. The number of hydrogen-bond donors (Lipinski definition) is 0. The van der Waals surface area contributed by atoms with E-state index < -0.39 is 0 Å². The molecule has 3 heterocycles. The highest BCUT2D eigenvalue weighted by molar-refractivity contribution is 5.75. The smallest absolute Gasteiger partial charge is 0.320 e. The van der Waals surface area contributed by atoms with Gasteiger partial charge in [-0.1, -0.05) is 0 Å². The minimum atomic E-state index is 0.184. The third-order valence-corrected chi connectivity index (χ3v) is 5.27. The Balaban J connectivity index is 1.47. The lowest BCUT2D eigenvalue weighted by molar-refractivity contribution is 0.0886. The molecule has 6 nitrogen and oxygen atoms in total. The van der Waals surface area contributed by atoms with Crippen molar-refractivity contribution in [3.8, 4) is 0 Å². The molecule has 0 unspecified atom stereocenters. The number of rotatable bonds is 4. The van der Waals surface area contributed by atoms with Gasteiger partial charge in [0.05, 0.1) is 25.0 Å². The van der Waals surface area contributed by atoms with Crippen molar-refractivity contribution < 1.29 is 9.53 Å². The molecule has 2 aliphatic heterocycles. The van der Waals surface area contributed by atoms with Crippen molar-refractivity contribution in [1.29, 1.82) is 0 Å². The number of aromatic nitrogens is 2. The van der Waals surface area contributed by atoms with E-state index in [0.717, 1.165) is 45.0 Å². The molecular weight excluding hydrogens is 292 g/mol. The third-order valence-electron chi connectivity index (χ3n) is 5.27. The predicted octanol–water partition coefficient (Wildman–Crippen LogP) is 1.96. The Kier molecular flexibility index (Phi) is 4.01. The zero-order valence-corrected chi connectivity index (χ0v) is 13.9. The molecule has 23 heavy (non-hydrogen) atoms. The van der Waals surface area contributed by atoms with Crippen LogP contribution in [0.3, 0.4) is 0 Å². The number of hydrogen-bond acceptors (Lipinski definition) is 3. The van der Waals surface area contributed by atoms with Gasteiger partial charge in [0.25, 0.3) is 0 Å². The molecule has 2 amide bonds. The molecule has 0 bridgehead atoms. The van der Waals surface area contributed by atoms with E-state index in [1.54, 1.807) is 0 Å². The summed E-state index contributed by atoms with van der Waals surface area (Å²) in [6, 6.07) is 0.184. The SMILES string of the molecule is Cn1ncc2c1[C@H](COCC1CC1)CN(C(=O)N1CCCC1)C2. The van der Waals surface area contributed by atoms with Crippen LogP contribution in [0.1, 0.15) is 42.9 Å². The lowest BCUT2D eigenvalue weighted by Crippen LogP contribution is -2.46. The molecule has 1 aromatic heterocycles. The molecule has 1 saturated carbocycles. The molecule has 126 valence electrons. The molecule has 1 saturated heterocycles. The Morgan fingerprint density at radius 2 is 2.04 bits per heavy atom. The Labute approximate surface area is 137 Å². The van der Waals surface area contributed by atoms with Crippen LogP contribution < -0.4 is 0 Å². The van der Waals surface area contributed by atoms with E-state index in [4.69, 9.17) is 4.74 Å². The molecule has 6 heteroatoms. The zero-order chi connectivity index (χ0) is 15.8. The largest absolute Gasteiger partial charge is 0.380 e. The fourth-order valence-electron chi connectivity index (χ4n) is 3.81. The Bertz CT molecular complexity index is 575. The summed E-state index contributed by atoms with van der Waals surface area (Å²) in [7, 11) is 1.99. The molecule has 1 atom stereocenters. The van der Waals surface area contributed by atoms with Crippen LogP contribution in [-0.4, -0.2) is 58.5 Å². The van der Waals surface area contributed by atoms with Gasteiger partial charge < -0.3 is 14.5 Å². The van der Waals surface area contributed by atoms with Gasteiger partial charge in [0.1, 0.15) is 0 Å². The monoisotopic (exact) mass is 318 g/mol. The van der Waals surface area contributed by atoms with Crippen LogP contribution in [0.15, 0.2) is 6.20 Å².